The maximum atomic E-state index is 13.5. The summed E-state index contributed by atoms with van der Waals surface area (Å²) in [4.78, 5) is 12.4. The van der Waals surface area contributed by atoms with Crippen molar-refractivity contribution in [3.63, 3.8) is 0 Å². The molecule has 0 fully saturated rings. The van der Waals surface area contributed by atoms with Crippen LogP contribution in [0.25, 0.3) is 0 Å². The molecule has 0 unspecified atom stereocenters. The molecule has 0 aliphatic heterocycles. The predicted molar refractivity (Wildman–Crippen MR) is 63.0 cm³/mol. The molecule has 0 heterocycles. The van der Waals surface area contributed by atoms with E-state index in [-0.39, 0.29) is 0 Å². The molecule has 2 N–H and O–H groups in total. The predicted octanol–water partition coefficient (Wildman–Crippen LogP) is 2.96. The van der Waals surface area contributed by atoms with Crippen LogP contribution in [-0.4, -0.2) is 29.6 Å². The Bertz CT molecular complexity index is 513. The highest BCUT2D eigenvalue weighted by molar-refractivity contribution is 5.95. The summed E-state index contributed by atoms with van der Waals surface area (Å²) >= 11 is 0. The van der Waals surface area contributed by atoms with Crippen LogP contribution < -0.4 is 5.73 Å². The van der Waals surface area contributed by atoms with Crippen molar-refractivity contribution < 1.29 is 26.7 Å². The number of amides is 1. The van der Waals surface area contributed by atoms with Gasteiger partial charge in [-0.05, 0) is 19.9 Å². The van der Waals surface area contributed by atoms with Crippen LogP contribution in [0.2, 0.25) is 0 Å². The number of halogens is 5. The lowest BCUT2D eigenvalue weighted by atomic mass is 10.1. The van der Waals surface area contributed by atoms with Crippen LogP contribution in [0.5, 0.6) is 0 Å². The quantitative estimate of drug-likeness (QED) is 0.688. The van der Waals surface area contributed by atoms with Crippen molar-refractivity contribution >= 4 is 11.6 Å². The van der Waals surface area contributed by atoms with Gasteiger partial charge in [0.15, 0.2) is 0 Å². The van der Waals surface area contributed by atoms with Gasteiger partial charge in [-0.25, -0.2) is 8.78 Å². The van der Waals surface area contributed by atoms with E-state index in [1.165, 1.54) is 13.8 Å². The van der Waals surface area contributed by atoms with Crippen molar-refractivity contribution in [1.82, 2.24) is 4.90 Å². The average molecular weight is 296 g/mol. The standard InChI is InChI=1S/C12H13F5N2O/c1-6(2)19(5-12(15,16)17)11(20)7-3-10(18)9(14)4-8(7)13/h3-4,6H,5,18H2,1-2H3. The molecule has 0 aliphatic carbocycles. The van der Waals surface area contributed by atoms with Crippen LogP contribution in [0.3, 0.4) is 0 Å². The van der Waals surface area contributed by atoms with Gasteiger partial charge in [-0.1, -0.05) is 0 Å². The minimum Gasteiger partial charge on any atom is -0.396 e. The lowest BCUT2D eigenvalue weighted by Crippen LogP contribution is -2.43. The fourth-order valence-electron chi connectivity index (χ4n) is 1.57. The maximum Gasteiger partial charge on any atom is 0.406 e. The van der Waals surface area contributed by atoms with E-state index < -0.39 is 47.6 Å². The number of nitrogens with zero attached hydrogens (tertiary/aromatic N) is 1. The minimum atomic E-state index is -4.62. The minimum absolute atomic E-state index is 0.370. The maximum absolute atomic E-state index is 13.5. The Labute approximate surface area is 112 Å². The Hall–Kier alpha value is -1.86. The summed E-state index contributed by atoms with van der Waals surface area (Å²) in [7, 11) is 0. The first kappa shape index (κ1) is 16.2. The number of carbonyl (C=O) groups is 1. The normalized spacial score (nSPS) is 11.8. The van der Waals surface area contributed by atoms with Gasteiger partial charge in [0, 0.05) is 12.1 Å². The van der Waals surface area contributed by atoms with Crippen LogP contribution in [0.15, 0.2) is 12.1 Å². The third kappa shape index (κ3) is 3.82. The van der Waals surface area contributed by atoms with E-state index in [9.17, 15) is 26.7 Å². The Morgan fingerprint density at radius 2 is 1.80 bits per heavy atom. The largest absolute Gasteiger partial charge is 0.406 e. The Balaban J connectivity index is 3.16. The molecular weight excluding hydrogens is 283 g/mol. The topological polar surface area (TPSA) is 46.3 Å². The molecule has 8 heteroatoms. The summed E-state index contributed by atoms with van der Waals surface area (Å²) in [5.74, 6) is -3.53. The van der Waals surface area contributed by atoms with Gasteiger partial charge >= 0.3 is 6.18 Å². The van der Waals surface area contributed by atoms with Gasteiger partial charge in [0.25, 0.3) is 5.91 Å². The molecule has 1 aromatic carbocycles. The first-order valence-electron chi connectivity index (χ1n) is 5.65. The highest BCUT2D eigenvalue weighted by atomic mass is 19.4. The van der Waals surface area contributed by atoms with Crippen molar-refractivity contribution in [2.24, 2.45) is 0 Å². The molecule has 0 aromatic heterocycles. The van der Waals surface area contributed by atoms with Gasteiger partial charge in [0.1, 0.15) is 18.2 Å². The molecular formula is C12H13F5N2O. The number of alkyl halides is 3. The van der Waals surface area contributed by atoms with Crippen LogP contribution >= 0.6 is 0 Å². The second kappa shape index (κ2) is 5.64. The first-order chi connectivity index (χ1) is 9.03. The number of hydrogen-bond acceptors (Lipinski definition) is 2. The summed E-state index contributed by atoms with van der Waals surface area (Å²) in [6, 6.07) is 0.253. The number of nitrogen functional groups attached to an aromatic ring is 1. The van der Waals surface area contributed by atoms with E-state index >= 15 is 0 Å². The molecule has 0 saturated carbocycles. The zero-order valence-electron chi connectivity index (χ0n) is 10.8. The van der Waals surface area contributed by atoms with Crippen LogP contribution in [0.4, 0.5) is 27.6 Å². The van der Waals surface area contributed by atoms with E-state index in [0.29, 0.717) is 17.0 Å². The summed E-state index contributed by atoms with van der Waals surface area (Å²) in [5.41, 5.74) is 3.99. The molecule has 0 aliphatic rings. The Morgan fingerprint density at radius 3 is 2.25 bits per heavy atom. The van der Waals surface area contributed by atoms with E-state index in [4.69, 9.17) is 5.73 Å². The van der Waals surface area contributed by atoms with E-state index in [1.807, 2.05) is 0 Å². The van der Waals surface area contributed by atoms with Gasteiger partial charge < -0.3 is 10.6 Å². The lowest BCUT2D eigenvalue weighted by Gasteiger charge is -2.28. The first-order valence-corrected chi connectivity index (χ1v) is 5.65. The molecule has 0 spiro atoms. The van der Waals surface area contributed by atoms with Gasteiger partial charge in [-0.3, -0.25) is 4.79 Å². The summed E-state index contributed by atoms with van der Waals surface area (Å²) in [6.45, 7) is 1.18. The Morgan fingerprint density at radius 1 is 1.25 bits per heavy atom. The average Bonchev–Trinajstić information content (AvgIpc) is 2.28. The van der Waals surface area contributed by atoms with Gasteiger partial charge in [-0.2, -0.15) is 13.2 Å². The third-order valence-corrected chi connectivity index (χ3v) is 2.55. The van der Waals surface area contributed by atoms with Gasteiger partial charge in [0.05, 0.1) is 11.3 Å². The van der Waals surface area contributed by atoms with E-state index in [1.54, 1.807) is 0 Å². The lowest BCUT2D eigenvalue weighted by molar-refractivity contribution is -0.143. The number of benzene rings is 1. The molecule has 1 amide bonds. The van der Waals surface area contributed by atoms with Gasteiger partial charge in [0.2, 0.25) is 0 Å². The number of anilines is 1. The highest BCUT2D eigenvalue weighted by Gasteiger charge is 2.35. The molecule has 3 nitrogen and oxygen atoms in total. The van der Waals surface area contributed by atoms with Crippen molar-refractivity contribution in [3.05, 3.63) is 29.3 Å². The zero-order chi connectivity index (χ0) is 15.7. The summed E-state index contributed by atoms with van der Waals surface area (Å²) in [5, 5.41) is 0. The number of nitrogens with two attached hydrogens (primary N) is 1. The van der Waals surface area contributed by atoms with Crippen molar-refractivity contribution in [1.29, 1.82) is 0 Å². The van der Waals surface area contributed by atoms with Gasteiger partial charge in [-0.15, -0.1) is 0 Å². The van der Waals surface area contributed by atoms with Crippen LogP contribution in [-0.2, 0) is 0 Å². The SMILES string of the molecule is CC(C)N(CC(F)(F)F)C(=O)c1cc(N)c(F)cc1F. The molecule has 0 atom stereocenters. The Kier molecular flexibility index (Phi) is 4.57. The smallest absolute Gasteiger partial charge is 0.396 e. The summed E-state index contributed by atoms with van der Waals surface area (Å²) < 4.78 is 63.7. The van der Waals surface area contributed by atoms with E-state index in [0.717, 1.165) is 0 Å². The molecule has 0 radical (unpaired) electrons. The number of hydrogen-bond donors (Lipinski definition) is 1. The van der Waals surface area contributed by atoms with Crippen LogP contribution in [0, 0.1) is 11.6 Å². The fourth-order valence-corrected chi connectivity index (χ4v) is 1.57. The molecule has 0 bridgehead atoms. The molecule has 1 aromatic rings. The zero-order valence-corrected chi connectivity index (χ0v) is 10.8. The van der Waals surface area contributed by atoms with Crippen molar-refractivity contribution in [3.8, 4) is 0 Å². The monoisotopic (exact) mass is 296 g/mol. The second-order valence-electron chi connectivity index (χ2n) is 4.50. The van der Waals surface area contributed by atoms with Crippen LogP contribution in [0.1, 0.15) is 24.2 Å². The number of carbonyl (C=O) groups excluding carboxylic acids is 1. The molecule has 20 heavy (non-hydrogen) atoms. The highest BCUT2D eigenvalue weighted by Crippen LogP contribution is 2.23. The second-order valence-corrected chi connectivity index (χ2v) is 4.50. The third-order valence-electron chi connectivity index (χ3n) is 2.55. The van der Waals surface area contributed by atoms with Crippen molar-refractivity contribution in [2.75, 3.05) is 12.3 Å². The summed E-state index contributed by atoms with van der Waals surface area (Å²) in [6.07, 6.45) is -4.62. The van der Waals surface area contributed by atoms with Crippen molar-refractivity contribution in [2.45, 2.75) is 26.1 Å². The fraction of sp³-hybridized carbons (Fsp3) is 0.417. The molecule has 1 rings (SSSR count). The molecule has 0 saturated heterocycles. The van der Waals surface area contributed by atoms with E-state index in [2.05, 4.69) is 0 Å². The number of rotatable bonds is 3. The molecule has 112 valence electrons.